The van der Waals surface area contributed by atoms with Gasteiger partial charge in [-0.1, -0.05) is 6.07 Å². The first-order chi connectivity index (χ1) is 8.70. The maximum atomic E-state index is 13.2. The third kappa shape index (κ3) is 2.57. The molecule has 2 heterocycles. The fourth-order valence-electron chi connectivity index (χ4n) is 3.14. The fraction of sp³-hybridized carbons (Fsp3) is 0.600. The van der Waals surface area contributed by atoms with Crippen molar-refractivity contribution in [3.8, 4) is 0 Å². The van der Waals surface area contributed by atoms with Crippen LogP contribution >= 0.6 is 0 Å². The zero-order valence-electron chi connectivity index (χ0n) is 10.8. The van der Waals surface area contributed by atoms with Crippen molar-refractivity contribution in [1.29, 1.82) is 0 Å². The molecule has 3 rings (SSSR count). The molecule has 3 heteroatoms. The SMILES string of the molecule is Cc1ccc(F)cc1COC1CC2CCC(C1)N2. The van der Waals surface area contributed by atoms with Crippen LogP contribution in [0.1, 0.15) is 36.8 Å². The minimum atomic E-state index is -0.176. The molecule has 0 amide bonds. The molecule has 0 aliphatic carbocycles. The van der Waals surface area contributed by atoms with Crippen molar-refractivity contribution in [3.05, 3.63) is 35.1 Å². The number of benzene rings is 1. The zero-order chi connectivity index (χ0) is 12.5. The third-order valence-corrected chi connectivity index (χ3v) is 4.22. The van der Waals surface area contributed by atoms with Crippen LogP contribution in [0.15, 0.2) is 18.2 Å². The summed E-state index contributed by atoms with van der Waals surface area (Å²) < 4.78 is 19.2. The van der Waals surface area contributed by atoms with Crippen molar-refractivity contribution in [2.45, 2.75) is 57.4 Å². The van der Waals surface area contributed by atoms with Crippen LogP contribution < -0.4 is 5.32 Å². The Labute approximate surface area is 108 Å². The second-order valence-electron chi connectivity index (χ2n) is 5.61. The minimum Gasteiger partial charge on any atom is -0.373 e. The van der Waals surface area contributed by atoms with Gasteiger partial charge in [-0.05, 0) is 55.9 Å². The van der Waals surface area contributed by atoms with Gasteiger partial charge in [0.25, 0.3) is 0 Å². The zero-order valence-corrected chi connectivity index (χ0v) is 10.8. The van der Waals surface area contributed by atoms with Crippen LogP contribution in [0.5, 0.6) is 0 Å². The van der Waals surface area contributed by atoms with Gasteiger partial charge in [-0.3, -0.25) is 0 Å². The molecule has 1 aromatic rings. The van der Waals surface area contributed by atoms with Crippen molar-refractivity contribution in [2.24, 2.45) is 0 Å². The summed E-state index contributed by atoms with van der Waals surface area (Å²) in [5, 5.41) is 3.60. The van der Waals surface area contributed by atoms with Crippen LogP contribution in [0.3, 0.4) is 0 Å². The molecule has 1 N–H and O–H groups in total. The predicted octanol–water partition coefficient (Wildman–Crippen LogP) is 2.93. The van der Waals surface area contributed by atoms with E-state index >= 15 is 0 Å². The van der Waals surface area contributed by atoms with E-state index in [0.717, 1.165) is 24.0 Å². The molecule has 2 nitrogen and oxygen atoms in total. The molecule has 1 aromatic carbocycles. The largest absolute Gasteiger partial charge is 0.373 e. The summed E-state index contributed by atoms with van der Waals surface area (Å²) in [5.41, 5.74) is 2.08. The van der Waals surface area contributed by atoms with E-state index in [2.05, 4.69) is 5.32 Å². The molecule has 2 fully saturated rings. The lowest BCUT2D eigenvalue weighted by Gasteiger charge is -2.29. The molecule has 18 heavy (non-hydrogen) atoms. The van der Waals surface area contributed by atoms with Crippen molar-refractivity contribution in [3.63, 3.8) is 0 Å². The van der Waals surface area contributed by atoms with Gasteiger partial charge in [-0.2, -0.15) is 0 Å². The van der Waals surface area contributed by atoms with Crippen molar-refractivity contribution in [2.75, 3.05) is 0 Å². The van der Waals surface area contributed by atoms with Gasteiger partial charge < -0.3 is 10.1 Å². The monoisotopic (exact) mass is 249 g/mol. The number of rotatable bonds is 3. The average molecular weight is 249 g/mol. The molecule has 0 radical (unpaired) electrons. The van der Waals surface area contributed by atoms with E-state index in [4.69, 9.17) is 4.74 Å². The van der Waals surface area contributed by atoms with E-state index < -0.39 is 0 Å². The summed E-state index contributed by atoms with van der Waals surface area (Å²) in [6.45, 7) is 2.54. The minimum absolute atomic E-state index is 0.176. The molecule has 0 spiro atoms. The Kier molecular flexibility index (Phi) is 3.35. The molecular weight excluding hydrogens is 229 g/mol. The Morgan fingerprint density at radius 2 is 2.00 bits per heavy atom. The first kappa shape index (κ1) is 12.1. The van der Waals surface area contributed by atoms with Gasteiger partial charge in [-0.25, -0.2) is 4.39 Å². The number of ether oxygens (including phenoxy) is 1. The van der Waals surface area contributed by atoms with Gasteiger partial charge in [-0.15, -0.1) is 0 Å². The average Bonchev–Trinajstić information content (AvgIpc) is 2.70. The number of fused-ring (bicyclic) bond motifs is 2. The first-order valence-electron chi connectivity index (χ1n) is 6.83. The Balaban J connectivity index is 1.59. The van der Waals surface area contributed by atoms with Crippen LogP contribution in [0.25, 0.3) is 0 Å². The van der Waals surface area contributed by atoms with Crippen molar-refractivity contribution in [1.82, 2.24) is 5.32 Å². The lowest BCUT2D eigenvalue weighted by Crippen LogP contribution is -2.41. The molecular formula is C15H20FNO. The maximum absolute atomic E-state index is 13.2. The molecule has 0 aromatic heterocycles. The van der Waals surface area contributed by atoms with Gasteiger partial charge >= 0.3 is 0 Å². The van der Waals surface area contributed by atoms with Crippen LogP contribution in [0, 0.1) is 12.7 Å². The van der Waals surface area contributed by atoms with E-state index in [0.29, 0.717) is 24.8 Å². The Bertz CT molecular complexity index is 423. The second kappa shape index (κ2) is 4.98. The Morgan fingerprint density at radius 3 is 2.72 bits per heavy atom. The molecule has 2 saturated heterocycles. The highest BCUT2D eigenvalue weighted by atomic mass is 19.1. The molecule has 2 aliphatic heterocycles. The van der Waals surface area contributed by atoms with E-state index in [-0.39, 0.29) is 5.82 Å². The van der Waals surface area contributed by atoms with Gasteiger partial charge in [0.1, 0.15) is 5.82 Å². The summed E-state index contributed by atoms with van der Waals surface area (Å²) in [4.78, 5) is 0. The summed E-state index contributed by atoms with van der Waals surface area (Å²) in [5.74, 6) is -0.176. The predicted molar refractivity (Wildman–Crippen MR) is 68.9 cm³/mol. The normalized spacial score (nSPS) is 30.7. The maximum Gasteiger partial charge on any atom is 0.123 e. The van der Waals surface area contributed by atoms with Gasteiger partial charge in [0.05, 0.1) is 12.7 Å². The number of aryl methyl sites for hydroxylation is 1. The van der Waals surface area contributed by atoms with Gasteiger partial charge in [0.2, 0.25) is 0 Å². The Hall–Kier alpha value is -0.930. The number of piperidine rings is 1. The van der Waals surface area contributed by atoms with E-state index in [1.807, 2.05) is 13.0 Å². The second-order valence-corrected chi connectivity index (χ2v) is 5.61. The summed E-state index contributed by atoms with van der Waals surface area (Å²) in [6, 6.07) is 6.19. The van der Waals surface area contributed by atoms with Gasteiger partial charge in [0.15, 0.2) is 0 Å². The van der Waals surface area contributed by atoms with Crippen molar-refractivity contribution >= 4 is 0 Å². The standard InChI is InChI=1S/C15H20FNO/c1-10-2-3-12(16)6-11(10)9-18-15-7-13-4-5-14(8-15)17-13/h2-3,6,13-15,17H,4-5,7-9H2,1H3. The van der Waals surface area contributed by atoms with Crippen molar-refractivity contribution < 1.29 is 9.13 Å². The topological polar surface area (TPSA) is 21.3 Å². The number of hydrogen-bond acceptors (Lipinski definition) is 2. The molecule has 0 saturated carbocycles. The number of nitrogens with one attached hydrogen (secondary N) is 1. The van der Waals surface area contributed by atoms with E-state index in [1.54, 1.807) is 6.07 Å². The van der Waals surface area contributed by atoms with Crippen LogP contribution in [-0.2, 0) is 11.3 Å². The highest BCUT2D eigenvalue weighted by Crippen LogP contribution is 2.29. The summed E-state index contributed by atoms with van der Waals surface area (Å²) in [7, 11) is 0. The molecule has 2 aliphatic rings. The lowest BCUT2D eigenvalue weighted by molar-refractivity contribution is 0.00887. The quantitative estimate of drug-likeness (QED) is 0.889. The smallest absolute Gasteiger partial charge is 0.123 e. The number of hydrogen-bond donors (Lipinski definition) is 1. The number of halogens is 1. The highest BCUT2D eigenvalue weighted by molar-refractivity contribution is 5.25. The molecule has 98 valence electrons. The van der Waals surface area contributed by atoms with E-state index in [1.165, 1.54) is 18.9 Å². The lowest BCUT2D eigenvalue weighted by atomic mass is 10.0. The summed E-state index contributed by atoms with van der Waals surface area (Å²) >= 11 is 0. The Morgan fingerprint density at radius 1 is 1.28 bits per heavy atom. The van der Waals surface area contributed by atoms with Crippen LogP contribution in [-0.4, -0.2) is 18.2 Å². The first-order valence-corrected chi connectivity index (χ1v) is 6.83. The highest BCUT2D eigenvalue weighted by Gasteiger charge is 2.33. The van der Waals surface area contributed by atoms with Crippen LogP contribution in [0.4, 0.5) is 4.39 Å². The third-order valence-electron chi connectivity index (χ3n) is 4.22. The van der Waals surface area contributed by atoms with Gasteiger partial charge in [0, 0.05) is 12.1 Å². The molecule has 2 bridgehead atoms. The fourth-order valence-corrected chi connectivity index (χ4v) is 3.14. The molecule has 2 unspecified atom stereocenters. The molecule has 2 atom stereocenters. The van der Waals surface area contributed by atoms with E-state index in [9.17, 15) is 4.39 Å². The van der Waals surface area contributed by atoms with Crippen LogP contribution in [0.2, 0.25) is 0 Å². The summed E-state index contributed by atoms with van der Waals surface area (Å²) in [6.07, 6.45) is 5.11.